The van der Waals surface area contributed by atoms with Crippen LogP contribution < -0.4 is 10.9 Å². The van der Waals surface area contributed by atoms with Gasteiger partial charge in [-0.25, -0.2) is 4.68 Å². The second kappa shape index (κ2) is 11.2. The molecule has 1 N–H and O–H groups in total. The molecule has 1 aromatic heterocycles. The molecular weight excluding hydrogens is 416 g/mol. The van der Waals surface area contributed by atoms with Crippen LogP contribution in [0.4, 0.5) is 0 Å². The number of nitrogens with zero attached hydrogens (tertiary/aromatic N) is 3. The van der Waals surface area contributed by atoms with Crippen molar-refractivity contribution in [1.82, 2.24) is 20.0 Å². The predicted molar refractivity (Wildman–Crippen MR) is 129 cm³/mol. The molecule has 0 unspecified atom stereocenters. The van der Waals surface area contributed by atoms with Crippen molar-refractivity contribution in [3.63, 3.8) is 0 Å². The second-order valence-electron chi connectivity index (χ2n) is 8.47. The molecule has 0 radical (unpaired) electrons. The molecule has 174 valence electrons. The van der Waals surface area contributed by atoms with Gasteiger partial charge in [0.05, 0.1) is 18.6 Å². The highest BCUT2D eigenvalue weighted by Gasteiger charge is 2.18. The number of hydrogen-bond acceptors (Lipinski definition) is 5. The van der Waals surface area contributed by atoms with Crippen molar-refractivity contribution in [2.24, 2.45) is 0 Å². The Balaban J connectivity index is 1.54. The standard InChI is InChI=1S/C26H32N4O3/c1-2-3-8-13-30-26(32)23-12-7-6-11-22(23)24(28-30)25(31)27-18-20-9-4-5-10-21(20)19-29-14-16-33-17-15-29/h4-7,9-12H,2-3,8,13-19H2,1H3,(H,27,31). The molecular formula is C26H32N4O3. The predicted octanol–water partition coefficient (Wildman–Crippen LogP) is 3.35. The Bertz CT molecular complexity index is 1150. The molecule has 7 nitrogen and oxygen atoms in total. The molecule has 3 aromatic rings. The first-order valence-electron chi connectivity index (χ1n) is 11.8. The average Bonchev–Trinajstić information content (AvgIpc) is 2.85. The Morgan fingerprint density at radius 2 is 1.70 bits per heavy atom. The lowest BCUT2D eigenvalue weighted by Gasteiger charge is -2.27. The summed E-state index contributed by atoms with van der Waals surface area (Å²) >= 11 is 0. The Hall–Kier alpha value is -3.03. The first kappa shape index (κ1) is 23.1. The first-order valence-corrected chi connectivity index (χ1v) is 11.8. The number of morpholine rings is 1. The van der Waals surface area contributed by atoms with E-state index in [1.807, 2.05) is 30.3 Å². The number of hydrogen-bond donors (Lipinski definition) is 1. The van der Waals surface area contributed by atoms with Gasteiger partial charge in [0.2, 0.25) is 0 Å². The van der Waals surface area contributed by atoms with Gasteiger partial charge in [0.15, 0.2) is 5.69 Å². The lowest BCUT2D eigenvalue weighted by atomic mass is 10.1. The molecule has 0 saturated carbocycles. The first-order chi connectivity index (χ1) is 16.2. The van der Waals surface area contributed by atoms with Gasteiger partial charge in [-0.1, -0.05) is 62.2 Å². The SMILES string of the molecule is CCCCCn1nc(C(=O)NCc2ccccc2CN2CCOCC2)c2ccccc2c1=O. The van der Waals surface area contributed by atoms with E-state index in [9.17, 15) is 9.59 Å². The summed E-state index contributed by atoms with van der Waals surface area (Å²) in [7, 11) is 0. The van der Waals surface area contributed by atoms with Crippen molar-refractivity contribution in [3.05, 3.63) is 75.7 Å². The van der Waals surface area contributed by atoms with E-state index in [1.54, 1.807) is 12.1 Å². The van der Waals surface area contributed by atoms with Gasteiger partial charge in [-0.3, -0.25) is 14.5 Å². The largest absolute Gasteiger partial charge is 0.379 e. The summed E-state index contributed by atoms with van der Waals surface area (Å²) in [6.07, 6.45) is 2.93. The molecule has 0 spiro atoms. The average molecular weight is 449 g/mol. The van der Waals surface area contributed by atoms with Crippen LogP contribution >= 0.6 is 0 Å². The molecule has 1 fully saturated rings. The van der Waals surface area contributed by atoms with Gasteiger partial charge in [-0.05, 0) is 23.6 Å². The number of nitrogens with one attached hydrogen (secondary N) is 1. The van der Waals surface area contributed by atoms with Gasteiger partial charge in [0.1, 0.15) is 0 Å². The summed E-state index contributed by atoms with van der Waals surface area (Å²) in [6, 6.07) is 15.4. The van der Waals surface area contributed by atoms with E-state index in [2.05, 4.69) is 28.3 Å². The lowest BCUT2D eigenvalue weighted by molar-refractivity contribution is 0.0340. The number of unbranched alkanes of at least 4 members (excludes halogenated alkanes) is 2. The van der Waals surface area contributed by atoms with Gasteiger partial charge in [0, 0.05) is 38.1 Å². The zero-order valence-electron chi connectivity index (χ0n) is 19.3. The molecule has 33 heavy (non-hydrogen) atoms. The zero-order valence-corrected chi connectivity index (χ0v) is 19.3. The van der Waals surface area contributed by atoms with E-state index in [1.165, 1.54) is 10.2 Å². The van der Waals surface area contributed by atoms with E-state index in [0.29, 0.717) is 29.6 Å². The minimum absolute atomic E-state index is 0.144. The molecule has 0 aliphatic carbocycles. The highest BCUT2D eigenvalue weighted by Crippen LogP contribution is 2.16. The van der Waals surface area contributed by atoms with Gasteiger partial charge in [0.25, 0.3) is 11.5 Å². The highest BCUT2D eigenvalue weighted by molar-refractivity contribution is 6.04. The van der Waals surface area contributed by atoms with E-state index in [-0.39, 0.29) is 11.5 Å². The summed E-state index contributed by atoms with van der Waals surface area (Å²) in [5.41, 5.74) is 2.43. The number of ether oxygens (including phenoxy) is 1. The van der Waals surface area contributed by atoms with Crippen molar-refractivity contribution in [2.45, 2.75) is 45.8 Å². The van der Waals surface area contributed by atoms with Crippen LogP contribution in [0.15, 0.2) is 53.3 Å². The van der Waals surface area contributed by atoms with Gasteiger partial charge in [-0.2, -0.15) is 5.10 Å². The van der Waals surface area contributed by atoms with E-state index >= 15 is 0 Å². The fourth-order valence-corrected chi connectivity index (χ4v) is 4.21. The van der Waals surface area contributed by atoms with Crippen LogP contribution in [0.25, 0.3) is 10.8 Å². The minimum Gasteiger partial charge on any atom is -0.379 e. The molecule has 2 aromatic carbocycles. The third-order valence-electron chi connectivity index (χ3n) is 6.11. The number of fused-ring (bicyclic) bond motifs is 1. The Morgan fingerprint density at radius 1 is 1.00 bits per heavy atom. The van der Waals surface area contributed by atoms with Crippen LogP contribution in [0.5, 0.6) is 0 Å². The number of benzene rings is 2. The molecule has 0 atom stereocenters. The number of amides is 1. The monoisotopic (exact) mass is 448 g/mol. The van der Waals surface area contributed by atoms with Crippen LogP contribution in [0.2, 0.25) is 0 Å². The summed E-state index contributed by atoms with van der Waals surface area (Å²) in [5.74, 6) is -0.267. The maximum Gasteiger partial charge on any atom is 0.274 e. The summed E-state index contributed by atoms with van der Waals surface area (Å²) in [5, 5.41) is 8.63. The molecule has 1 aliphatic heterocycles. The van der Waals surface area contributed by atoms with Crippen LogP contribution in [-0.4, -0.2) is 46.9 Å². The lowest BCUT2D eigenvalue weighted by Crippen LogP contribution is -2.36. The van der Waals surface area contributed by atoms with Crippen LogP contribution in [0.1, 0.15) is 47.8 Å². The summed E-state index contributed by atoms with van der Waals surface area (Å²) in [4.78, 5) is 28.4. The Morgan fingerprint density at radius 3 is 2.45 bits per heavy atom. The second-order valence-corrected chi connectivity index (χ2v) is 8.47. The molecule has 4 rings (SSSR count). The number of aromatic nitrogens is 2. The fraction of sp³-hybridized carbons (Fsp3) is 0.423. The molecule has 7 heteroatoms. The maximum absolute atomic E-state index is 13.2. The van der Waals surface area contributed by atoms with E-state index in [0.717, 1.165) is 57.7 Å². The van der Waals surface area contributed by atoms with Crippen LogP contribution in [0.3, 0.4) is 0 Å². The Labute approximate surface area is 194 Å². The third kappa shape index (κ3) is 5.67. The molecule has 2 heterocycles. The topological polar surface area (TPSA) is 76.5 Å². The summed E-state index contributed by atoms with van der Waals surface area (Å²) < 4.78 is 6.89. The molecule has 1 aliphatic rings. The third-order valence-corrected chi connectivity index (χ3v) is 6.11. The highest BCUT2D eigenvalue weighted by atomic mass is 16.5. The summed E-state index contributed by atoms with van der Waals surface area (Å²) in [6.45, 7) is 7.21. The van der Waals surface area contributed by atoms with E-state index in [4.69, 9.17) is 4.74 Å². The van der Waals surface area contributed by atoms with Crippen molar-refractivity contribution in [1.29, 1.82) is 0 Å². The smallest absolute Gasteiger partial charge is 0.274 e. The molecule has 1 saturated heterocycles. The van der Waals surface area contributed by atoms with E-state index < -0.39 is 0 Å². The van der Waals surface area contributed by atoms with Gasteiger partial charge in [-0.15, -0.1) is 0 Å². The quantitative estimate of drug-likeness (QED) is 0.508. The van der Waals surface area contributed by atoms with Crippen molar-refractivity contribution in [3.8, 4) is 0 Å². The molecule has 0 bridgehead atoms. The van der Waals surface area contributed by atoms with Crippen molar-refractivity contribution < 1.29 is 9.53 Å². The molecule has 1 amide bonds. The van der Waals surface area contributed by atoms with Crippen LogP contribution in [0, 0.1) is 0 Å². The van der Waals surface area contributed by atoms with Crippen LogP contribution in [-0.2, 0) is 24.4 Å². The number of carbonyl (C=O) groups excluding carboxylic acids is 1. The zero-order chi connectivity index (χ0) is 23.0. The van der Waals surface area contributed by atoms with Crippen molar-refractivity contribution >= 4 is 16.7 Å². The maximum atomic E-state index is 13.2. The van der Waals surface area contributed by atoms with Gasteiger partial charge < -0.3 is 10.1 Å². The number of rotatable bonds is 9. The van der Waals surface area contributed by atoms with Crippen molar-refractivity contribution in [2.75, 3.05) is 26.3 Å². The fourth-order valence-electron chi connectivity index (χ4n) is 4.21. The normalized spacial score (nSPS) is 14.5. The van der Waals surface area contributed by atoms with Gasteiger partial charge >= 0.3 is 0 Å². The number of carbonyl (C=O) groups is 1. The minimum atomic E-state index is -0.267. The Kier molecular flexibility index (Phi) is 7.86. The number of aryl methyl sites for hydroxylation is 1.